The maximum absolute atomic E-state index is 13.4. The molecule has 7 heteroatoms. The van der Waals surface area contributed by atoms with Crippen molar-refractivity contribution in [2.45, 2.75) is 12.6 Å². The van der Waals surface area contributed by atoms with Gasteiger partial charge < -0.3 is 19.3 Å². The summed E-state index contributed by atoms with van der Waals surface area (Å²) in [6.45, 7) is 0.439. The van der Waals surface area contributed by atoms with Crippen molar-refractivity contribution in [3.8, 4) is 17.2 Å². The third-order valence-corrected chi connectivity index (χ3v) is 6.55. The summed E-state index contributed by atoms with van der Waals surface area (Å²) in [6, 6.07) is 30.0. The van der Waals surface area contributed by atoms with Crippen LogP contribution in [0.4, 0.5) is 5.69 Å². The van der Waals surface area contributed by atoms with Crippen molar-refractivity contribution >= 4 is 23.1 Å². The van der Waals surface area contributed by atoms with Crippen LogP contribution in [0.5, 0.6) is 17.2 Å². The molecule has 0 aromatic heterocycles. The Morgan fingerprint density at radius 3 is 2.37 bits per heavy atom. The molecule has 0 aliphatic carbocycles. The number of amides is 1. The highest BCUT2D eigenvalue weighted by Crippen LogP contribution is 2.44. The lowest BCUT2D eigenvalue weighted by atomic mass is 9.95. The van der Waals surface area contributed by atoms with E-state index in [1.807, 2.05) is 48.5 Å². The van der Waals surface area contributed by atoms with E-state index in [0.29, 0.717) is 40.7 Å². The van der Waals surface area contributed by atoms with Crippen molar-refractivity contribution in [1.29, 1.82) is 0 Å². The van der Waals surface area contributed by atoms with E-state index in [2.05, 4.69) is 0 Å². The average molecular weight is 506 g/mol. The number of rotatable bonds is 6. The van der Waals surface area contributed by atoms with Crippen molar-refractivity contribution in [3.05, 3.63) is 125 Å². The quantitative estimate of drug-likeness (QED) is 0.208. The molecule has 38 heavy (non-hydrogen) atoms. The number of aliphatic hydroxyl groups excluding tert-OH is 1. The zero-order valence-electron chi connectivity index (χ0n) is 20.2. The van der Waals surface area contributed by atoms with Crippen molar-refractivity contribution in [2.24, 2.45) is 0 Å². The molecule has 1 saturated heterocycles. The van der Waals surface area contributed by atoms with E-state index < -0.39 is 17.7 Å². The predicted molar refractivity (Wildman–Crippen MR) is 141 cm³/mol. The standard InChI is InChI=1S/C31H23NO6/c33-29(22-14-15-25-26(17-22)38-19-37-25)27-28(32(31(35)30(27)34)23-11-5-2-6-12-23)21-10-7-13-24(16-21)36-18-20-8-3-1-4-9-20/h1-17,28,33H,18-19H2/b29-27-. The molecular formula is C31H23NO6. The minimum Gasteiger partial charge on any atom is -0.507 e. The number of ether oxygens (including phenoxy) is 3. The minimum absolute atomic E-state index is 0.0158. The molecule has 2 aliphatic heterocycles. The van der Waals surface area contributed by atoms with E-state index in [4.69, 9.17) is 14.2 Å². The number of anilines is 1. The number of ketones is 1. The van der Waals surface area contributed by atoms with Gasteiger partial charge in [0.1, 0.15) is 18.1 Å². The van der Waals surface area contributed by atoms with Gasteiger partial charge in [0.25, 0.3) is 11.7 Å². The zero-order valence-corrected chi connectivity index (χ0v) is 20.2. The Labute approximate surface area is 219 Å². The van der Waals surface area contributed by atoms with Crippen molar-refractivity contribution in [2.75, 3.05) is 11.7 Å². The highest BCUT2D eigenvalue weighted by atomic mass is 16.7. The fourth-order valence-electron chi connectivity index (χ4n) is 4.72. The van der Waals surface area contributed by atoms with Crippen LogP contribution < -0.4 is 19.1 Å². The Balaban J connectivity index is 1.44. The number of hydrogen-bond donors (Lipinski definition) is 1. The predicted octanol–water partition coefficient (Wildman–Crippen LogP) is 5.62. The van der Waals surface area contributed by atoms with Crippen LogP contribution in [0.1, 0.15) is 22.7 Å². The SMILES string of the molecule is O=C1C(=O)N(c2ccccc2)C(c2cccc(OCc3ccccc3)c2)/C1=C(/O)c1ccc2c(c1)OCO2. The van der Waals surface area contributed by atoms with Crippen LogP contribution in [0.15, 0.2) is 109 Å². The van der Waals surface area contributed by atoms with Crippen LogP contribution >= 0.6 is 0 Å². The Hall–Kier alpha value is -5.04. The van der Waals surface area contributed by atoms with E-state index >= 15 is 0 Å². The minimum atomic E-state index is -0.872. The van der Waals surface area contributed by atoms with Crippen molar-refractivity contribution in [1.82, 2.24) is 0 Å². The Kier molecular flexibility index (Phi) is 6.01. The molecule has 0 spiro atoms. The highest BCUT2D eigenvalue weighted by Gasteiger charge is 2.47. The topological polar surface area (TPSA) is 85.3 Å². The Bertz CT molecular complexity index is 1550. The number of benzene rings is 4. The van der Waals surface area contributed by atoms with Crippen LogP contribution in [0.2, 0.25) is 0 Å². The summed E-state index contributed by atoms with van der Waals surface area (Å²) in [7, 11) is 0. The van der Waals surface area contributed by atoms with Crippen LogP contribution in [-0.4, -0.2) is 23.6 Å². The molecule has 4 aromatic carbocycles. The van der Waals surface area contributed by atoms with Crippen LogP contribution in [0.25, 0.3) is 5.76 Å². The molecule has 0 radical (unpaired) electrons. The first kappa shape index (κ1) is 23.4. The molecule has 188 valence electrons. The average Bonchev–Trinajstić information content (AvgIpc) is 3.54. The summed E-state index contributed by atoms with van der Waals surface area (Å²) in [5.41, 5.74) is 2.51. The summed E-state index contributed by atoms with van der Waals surface area (Å²) >= 11 is 0. The second kappa shape index (κ2) is 9.78. The fourth-order valence-corrected chi connectivity index (χ4v) is 4.72. The summed E-state index contributed by atoms with van der Waals surface area (Å²) < 4.78 is 16.8. The molecular weight excluding hydrogens is 482 g/mol. The van der Waals surface area contributed by atoms with Gasteiger partial charge in [-0.3, -0.25) is 14.5 Å². The van der Waals surface area contributed by atoms with Crippen LogP contribution in [0, 0.1) is 0 Å². The highest BCUT2D eigenvalue weighted by molar-refractivity contribution is 6.51. The van der Waals surface area contributed by atoms with E-state index in [1.165, 1.54) is 4.90 Å². The lowest BCUT2D eigenvalue weighted by molar-refractivity contribution is -0.132. The number of nitrogens with zero attached hydrogens (tertiary/aromatic N) is 1. The maximum Gasteiger partial charge on any atom is 0.300 e. The van der Waals surface area contributed by atoms with E-state index in [0.717, 1.165) is 5.56 Å². The largest absolute Gasteiger partial charge is 0.507 e. The van der Waals surface area contributed by atoms with Crippen molar-refractivity contribution < 1.29 is 28.9 Å². The second-order valence-electron chi connectivity index (χ2n) is 8.92. The smallest absolute Gasteiger partial charge is 0.300 e. The number of para-hydroxylation sites is 1. The molecule has 7 nitrogen and oxygen atoms in total. The Morgan fingerprint density at radius 1 is 0.842 bits per heavy atom. The third-order valence-electron chi connectivity index (χ3n) is 6.55. The fraction of sp³-hybridized carbons (Fsp3) is 0.0968. The number of Topliss-reactive ketones (excluding diaryl/α,β-unsaturated/α-hetero) is 1. The molecule has 1 N–H and O–H groups in total. The van der Waals surface area contributed by atoms with Gasteiger partial charge in [0.2, 0.25) is 6.79 Å². The van der Waals surface area contributed by atoms with E-state index in [1.54, 1.807) is 54.6 Å². The number of carbonyl (C=O) groups is 2. The van der Waals surface area contributed by atoms with Gasteiger partial charge >= 0.3 is 0 Å². The van der Waals surface area contributed by atoms with E-state index in [9.17, 15) is 14.7 Å². The van der Waals surface area contributed by atoms with Crippen LogP contribution in [-0.2, 0) is 16.2 Å². The number of aliphatic hydroxyl groups is 1. The van der Waals surface area contributed by atoms with Gasteiger partial charge in [-0.2, -0.15) is 0 Å². The Morgan fingerprint density at radius 2 is 1.58 bits per heavy atom. The molecule has 2 aliphatic rings. The molecule has 2 heterocycles. The molecule has 4 aromatic rings. The lowest BCUT2D eigenvalue weighted by Gasteiger charge is -2.25. The van der Waals surface area contributed by atoms with Gasteiger partial charge in [-0.1, -0.05) is 60.7 Å². The van der Waals surface area contributed by atoms with Gasteiger partial charge in [-0.25, -0.2) is 0 Å². The van der Waals surface area contributed by atoms with Gasteiger partial charge in [-0.05, 0) is 53.6 Å². The molecule has 1 amide bonds. The molecule has 6 rings (SSSR count). The van der Waals surface area contributed by atoms with Crippen molar-refractivity contribution in [3.63, 3.8) is 0 Å². The summed E-state index contributed by atoms with van der Waals surface area (Å²) in [5, 5.41) is 11.4. The zero-order chi connectivity index (χ0) is 26.1. The first-order chi connectivity index (χ1) is 18.6. The van der Waals surface area contributed by atoms with Crippen LogP contribution in [0.3, 0.4) is 0 Å². The van der Waals surface area contributed by atoms with Gasteiger partial charge in [0.15, 0.2) is 11.5 Å². The normalized spacial score (nSPS) is 17.6. The number of hydrogen-bond acceptors (Lipinski definition) is 6. The molecule has 1 fully saturated rings. The van der Waals surface area contributed by atoms with Gasteiger partial charge in [0.05, 0.1) is 11.6 Å². The summed E-state index contributed by atoms with van der Waals surface area (Å²) in [6.07, 6.45) is 0. The lowest BCUT2D eigenvalue weighted by Crippen LogP contribution is -2.29. The van der Waals surface area contributed by atoms with E-state index in [-0.39, 0.29) is 18.1 Å². The summed E-state index contributed by atoms with van der Waals surface area (Å²) in [4.78, 5) is 28.2. The molecule has 0 saturated carbocycles. The van der Waals surface area contributed by atoms with Gasteiger partial charge in [-0.15, -0.1) is 0 Å². The monoisotopic (exact) mass is 505 g/mol. The first-order valence-corrected chi connectivity index (χ1v) is 12.1. The molecule has 1 atom stereocenters. The number of carbonyl (C=O) groups excluding carboxylic acids is 2. The first-order valence-electron chi connectivity index (χ1n) is 12.1. The number of fused-ring (bicyclic) bond motifs is 1. The summed E-state index contributed by atoms with van der Waals surface area (Å²) in [5.74, 6) is -0.206. The second-order valence-corrected chi connectivity index (χ2v) is 8.92. The van der Waals surface area contributed by atoms with Gasteiger partial charge in [0, 0.05) is 11.3 Å². The molecule has 0 bridgehead atoms. The molecule has 1 unspecified atom stereocenters. The maximum atomic E-state index is 13.4. The third kappa shape index (κ3) is 4.24.